The van der Waals surface area contributed by atoms with E-state index in [-0.39, 0.29) is 5.91 Å². The number of benzene rings is 1. The molecule has 0 atom stereocenters. The first-order valence-electron chi connectivity index (χ1n) is 10.6. The monoisotopic (exact) mass is 382 g/mol. The number of aryl methyl sites for hydroxylation is 1. The average Bonchev–Trinajstić information content (AvgIpc) is 3.00. The van der Waals surface area contributed by atoms with Crippen LogP contribution < -0.4 is 0 Å². The molecular weight excluding hydrogens is 352 g/mol. The molecule has 4 rings (SSSR count). The molecule has 0 radical (unpaired) electrons. The summed E-state index contributed by atoms with van der Waals surface area (Å²) in [6.45, 7) is 2.09. The number of nitrogens with zero attached hydrogens (tertiary/aromatic N) is 2. The Labute approximate surface area is 167 Å². The Morgan fingerprint density at radius 2 is 1.59 bits per heavy atom. The second-order valence-electron chi connectivity index (χ2n) is 8.19. The van der Waals surface area contributed by atoms with Crippen molar-refractivity contribution in [2.75, 3.05) is 0 Å². The Balaban J connectivity index is 1.61. The highest BCUT2D eigenvalue weighted by molar-refractivity contribution is 8.18. The van der Waals surface area contributed by atoms with Crippen molar-refractivity contribution in [3.8, 4) is 0 Å². The van der Waals surface area contributed by atoms with Crippen LogP contribution in [0.25, 0.3) is 6.08 Å². The topological polar surface area (TPSA) is 32.7 Å². The predicted octanol–water partition coefficient (Wildman–Crippen LogP) is 5.93. The highest BCUT2D eigenvalue weighted by Crippen LogP contribution is 2.38. The van der Waals surface area contributed by atoms with Gasteiger partial charge in [-0.25, -0.2) is 0 Å². The third kappa shape index (κ3) is 4.48. The number of thioether (sulfide) groups is 1. The van der Waals surface area contributed by atoms with Crippen molar-refractivity contribution in [3.05, 3.63) is 40.3 Å². The largest absolute Gasteiger partial charge is 0.284 e. The lowest BCUT2D eigenvalue weighted by atomic mass is 9.94. The Morgan fingerprint density at radius 3 is 2.26 bits per heavy atom. The van der Waals surface area contributed by atoms with Crippen LogP contribution in [0.15, 0.2) is 34.2 Å². The molecule has 0 bridgehead atoms. The molecule has 3 nitrogen and oxygen atoms in total. The molecule has 1 aromatic carbocycles. The van der Waals surface area contributed by atoms with Gasteiger partial charge in [0.2, 0.25) is 0 Å². The molecule has 1 heterocycles. The van der Waals surface area contributed by atoms with Gasteiger partial charge in [-0.3, -0.25) is 14.7 Å². The lowest BCUT2D eigenvalue weighted by Gasteiger charge is -2.31. The summed E-state index contributed by atoms with van der Waals surface area (Å²) in [4.78, 5) is 21.3. The zero-order valence-corrected chi connectivity index (χ0v) is 17.1. The molecule has 1 aliphatic heterocycles. The zero-order valence-electron chi connectivity index (χ0n) is 16.3. The lowest BCUT2D eigenvalue weighted by molar-refractivity contribution is -0.124. The van der Waals surface area contributed by atoms with E-state index in [2.05, 4.69) is 36.1 Å². The van der Waals surface area contributed by atoms with Crippen molar-refractivity contribution in [2.45, 2.75) is 83.2 Å². The van der Waals surface area contributed by atoms with E-state index in [1.807, 2.05) is 6.08 Å². The Kier molecular flexibility index (Phi) is 6.01. The predicted molar refractivity (Wildman–Crippen MR) is 115 cm³/mol. The van der Waals surface area contributed by atoms with Crippen molar-refractivity contribution >= 4 is 28.9 Å². The van der Waals surface area contributed by atoms with E-state index >= 15 is 0 Å². The first kappa shape index (κ1) is 18.8. The van der Waals surface area contributed by atoms with Gasteiger partial charge in [0, 0.05) is 6.04 Å². The molecule has 27 heavy (non-hydrogen) atoms. The molecule has 0 N–H and O–H groups in total. The summed E-state index contributed by atoms with van der Waals surface area (Å²) in [6, 6.07) is 9.14. The maximum atomic E-state index is 13.3. The van der Waals surface area contributed by atoms with Crippen LogP contribution in [0.1, 0.15) is 75.3 Å². The van der Waals surface area contributed by atoms with Gasteiger partial charge in [-0.1, -0.05) is 68.4 Å². The van der Waals surface area contributed by atoms with Gasteiger partial charge in [-0.2, -0.15) is 0 Å². The van der Waals surface area contributed by atoms with Gasteiger partial charge in [0.15, 0.2) is 5.17 Å². The molecule has 0 spiro atoms. The fraction of sp³-hybridized carbons (Fsp3) is 0.565. The summed E-state index contributed by atoms with van der Waals surface area (Å²) in [5.41, 5.74) is 2.34. The highest BCUT2D eigenvalue weighted by atomic mass is 32.2. The van der Waals surface area contributed by atoms with Crippen LogP contribution in [-0.2, 0) is 4.79 Å². The van der Waals surface area contributed by atoms with Gasteiger partial charge in [-0.15, -0.1) is 0 Å². The highest BCUT2D eigenvalue weighted by Gasteiger charge is 2.39. The van der Waals surface area contributed by atoms with Crippen LogP contribution in [0.5, 0.6) is 0 Å². The number of rotatable bonds is 3. The van der Waals surface area contributed by atoms with Crippen LogP contribution >= 0.6 is 11.8 Å². The van der Waals surface area contributed by atoms with E-state index in [0.717, 1.165) is 28.5 Å². The summed E-state index contributed by atoms with van der Waals surface area (Å²) >= 11 is 1.60. The average molecular weight is 383 g/mol. The number of carbonyl (C=O) groups excluding carboxylic acids is 1. The van der Waals surface area contributed by atoms with Crippen molar-refractivity contribution in [2.24, 2.45) is 4.99 Å². The van der Waals surface area contributed by atoms with Crippen LogP contribution in [-0.4, -0.2) is 28.1 Å². The van der Waals surface area contributed by atoms with E-state index in [9.17, 15) is 4.79 Å². The minimum Gasteiger partial charge on any atom is -0.284 e. The fourth-order valence-electron chi connectivity index (χ4n) is 4.42. The van der Waals surface area contributed by atoms with E-state index in [0.29, 0.717) is 12.1 Å². The van der Waals surface area contributed by atoms with Gasteiger partial charge >= 0.3 is 0 Å². The maximum Gasteiger partial charge on any atom is 0.266 e. The molecule has 4 heteroatoms. The summed E-state index contributed by atoms with van der Waals surface area (Å²) in [5.74, 6) is 0.169. The van der Waals surface area contributed by atoms with Crippen molar-refractivity contribution in [1.29, 1.82) is 0 Å². The number of carbonyl (C=O) groups is 1. The summed E-state index contributed by atoms with van der Waals surface area (Å²) < 4.78 is 0. The Morgan fingerprint density at radius 1 is 0.963 bits per heavy atom. The molecule has 1 saturated heterocycles. The third-order valence-corrected chi connectivity index (χ3v) is 7.02. The smallest absolute Gasteiger partial charge is 0.266 e. The van der Waals surface area contributed by atoms with Crippen molar-refractivity contribution < 1.29 is 4.79 Å². The van der Waals surface area contributed by atoms with Crippen LogP contribution in [0.2, 0.25) is 0 Å². The van der Waals surface area contributed by atoms with E-state index in [1.54, 1.807) is 11.8 Å². The van der Waals surface area contributed by atoms with Gasteiger partial charge in [0.1, 0.15) is 0 Å². The number of amides is 1. The van der Waals surface area contributed by atoms with Crippen LogP contribution in [0, 0.1) is 6.92 Å². The summed E-state index contributed by atoms with van der Waals surface area (Å²) in [7, 11) is 0. The lowest BCUT2D eigenvalue weighted by Crippen LogP contribution is -2.41. The van der Waals surface area contributed by atoms with Crippen LogP contribution in [0.4, 0.5) is 0 Å². The first-order chi connectivity index (χ1) is 13.2. The Hall–Kier alpha value is -1.55. The van der Waals surface area contributed by atoms with Crippen LogP contribution in [0.3, 0.4) is 0 Å². The SMILES string of the molecule is Cc1ccc(C=C2SC(=NC3CCCCC3)N(C3CCCCC3)C2=O)cc1. The third-order valence-electron chi connectivity index (χ3n) is 6.02. The van der Waals surface area contributed by atoms with E-state index in [1.165, 1.54) is 56.9 Å². The number of amidine groups is 1. The number of aliphatic imine (C=N–C) groups is 1. The molecule has 2 saturated carbocycles. The normalized spacial score (nSPS) is 25.7. The molecule has 2 aliphatic carbocycles. The summed E-state index contributed by atoms with van der Waals surface area (Å²) in [5, 5.41) is 0.970. The fourth-order valence-corrected chi connectivity index (χ4v) is 5.53. The van der Waals surface area contributed by atoms with Gasteiger partial charge in [-0.05, 0) is 56.0 Å². The molecule has 0 unspecified atom stereocenters. The molecule has 1 aromatic rings. The molecular formula is C23H30N2OS. The molecule has 3 aliphatic rings. The minimum atomic E-state index is 0.169. The maximum absolute atomic E-state index is 13.3. The number of hydrogen-bond acceptors (Lipinski definition) is 3. The van der Waals surface area contributed by atoms with Crippen molar-refractivity contribution in [1.82, 2.24) is 4.90 Å². The van der Waals surface area contributed by atoms with Gasteiger partial charge in [0.05, 0.1) is 10.9 Å². The van der Waals surface area contributed by atoms with Crippen molar-refractivity contribution in [3.63, 3.8) is 0 Å². The van der Waals surface area contributed by atoms with E-state index < -0.39 is 0 Å². The number of hydrogen-bond donors (Lipinski definition) is 0. The second-order valence-corrected chi connectivity index (χ2v) is 9.20. The quantitative estimate of drug-likeness (QED) is 0.607. The standard InChI is InChI=1S/C23H30N2OS/c1-17-12-14-18(15-13-17)16-21-22(26)25(20-10-6-3-7-11-20)23(27-21)24-19-8-4-2-5-9-19/h12-16,19-20H,2-11H2,1H3. The Bertz CT molecular complexity index is 725. The molecule has 3 fully saturated rings. The van der Waals surface area contributed by atoms with E-state index in [4.69, 9.17) is 4.99 Å². The van der Waals surface area contributed by atoms with Gasteiger partial charge in [0.25, 0.3) is 5.91 Å². The molecule has 0 aromatic heterocycles. The summed E-state index contributed by atoms with van der Waals surface area (Å²) in [6.07, 6.45) is 14.3. The zero-order chi connectivity index (χ0) is 18.6. The first-order valence-corrected chi connectivity index (χ1v) is 11.4. The minimum absolute atomic E-state index is 0.169. The second kappa shape index (κ2) is 8.64. The van der Waals surface area contributed by atoms with Gasteiger partial charge < -0.3 is 0 Å². The molecule has 1 amide bonds. The molecule has 144 valence electrons.